The average molecular weight is 540 g/mol. The van der Waals surface area contributed by atoms with Gasteiger partial charge >= 0.3 is 5.97 Å². The normalized spacial score (nSPS) is 10.5. The second-order valence-corrected chi connectivity index (χ2v) is 7.93. The molecule has 0 heterocycles. The Morgan fingerprint density at radius 1 is 0.914 bits per heavy atom. The summed E-state index contributed by atoms with van der Waals surface area (Å²) >= 11 is 3.29. The van der Waals surface area contributed by atoms with Crippen LogP contribution in [0.4, 0.5) is 0 Å². The molecule has 0 aliphatic heterocycles. The minimum Gasteiger partial charge on any atom is -0.497 e. The molecular formula is C25H22BrN3O6. The van der Waals surface area contributed by atoms with Gasteiger partial charge in [0.05, 0.1) is 32.5 Å². The minimum atomic E-state index is -0.551. The third-order valence-corrected chi connectivity index (χ3v) is 5.11. The van der Waals surface area contributed by atoms with Crippen LogP contribution >= 0.6 is 15.9 Å². The molecule has 3 rings (SSSR count). The first-order valence-electron chi connectivity index (χ1n) is 10.3. The van der Waals surface area contributed by atoms with Crippen molar-refractivity contribution in [2.45, 2.75) is 0 Å². The molecule has 3 aromatic rings. The van der Waals surface area contributed by atoms with Crippen LogP contribution in [0, 0.1) is 0 Å². The second-order valence-electron chi connectivity index (χ2n) is 7.01. The molecule has 0 unspecified atom stereocenters. The molecule has 0 aliphatic carbocycles. The number of hydrogen-bond donors (Lipinski definition) is 2. The fourth-order valence-corrected chi connectivity index (χ4v) is 3.24. The largest absolute Gasteiger partial charge is 0.497 e. The van der Waals surface area contributed by atoms with Gasteiger partial charge in [0.15, 0.2) is 11.5 Å². The van der Waals surface area contributed by atoms with Gasteiger partial charge in [-0.25, -0.2) is 10.2 Å². The highest BCUT2D eigenvalue weighted by atomic mass is 79.9. The van der Waals surface area contributed by atoms with E-state index in [1.807, 2.05) is 0 Å². The molecule has 180 valence electrons. The molecule has 0 atom stereocenters. The summed E-state index contributed by atoms with van der Waals surface area (Å²) in [6, 6.07) is 18.1. The van der Waals surface area contributed by atoms with E-state index in [0.29, 0.717) is 28.2 Å². The maximum absolute atomic E-state index is 12.4. The van der Waals surface area contributed by atoms with E-state index in [9.17, 15) is 14.4 Å². The van der Waals surface area contributed by atoms with Crippen LogP contribution in [0.5, 0.6) is 17.2 Å². The van der Waals surface area contributed by atoms with Crippen LogP contribution in [-0.2, 0) is 4.79 Å². The highest BCUT2D eigenvalue weighted by molar-refractivity contribution is 9.10. The van der Waals surface area contributed by atoms with Crippen LogP contribution in [0.3, 0.4) is 0 Å². The van der Waals surface area contributed by atoms with Gasteiger partial charge in [0.2, 0.25) is 0 Å². The van der Waals surface area contributed by atoms with E-state index in [1.54, 1.807) is 66.7 Å². The quantitative estimate of drug-likeness (QED) is 0.186. The average Bonchev–Trinajstić information content (AvgIpc) is 2.88. The van der Waals surface area contributed by atoms with Crippen LogP contribution in [0.15, 0.2) is 76.3 Å². The predicted octanol–water partition coefficient (Wildman–Crippen LogP) is 3.57. The topological polar surface area (TPSA) is 115 Å². The van der Waals surface area contributed by atoms with Crippen molar-refractivity contribution in [2.75, 3.05) is 20.8 Å². The SMILES string of the molecule is COc1ccc(C(=O)Oc2ccc(/C=N\NC(=O)CNC(=O)c3cccc(Br)c3)cc2OC)cc1. The molecule has 35 heavy (non-hydrogen) atoms. The van der Waals surface area contributed by atoms with Crippen LogP contribution < -0.4 is 25.0 Å². The third-order valence-electron chi connectivity index (χ3n) is 4.62. The molecule has 0 fully saturated rings. The highest BCUT2D eigenvalue weighted by Crippen LogP contribution is 2.28. The van der Waals surface area contributed by atoms with E-state index in [0.717, 1.165) is 4.47 Å². The molecule has 2 amide bonds. The fourth-order valence-electron chi connectivity index (χ4n) is 2.85. The Morgan fingerprint density at radius 2 is 1.69 bits per heavy atom. The van der Waals surface area contributed by atoms with Gasteiger partial charge in [-0.05, 0) is 66.2 Å². The molecule has 0 radical (unpaired) electrons. The number of nitrogens with one attached hydrogen (secondary N) is 2. The molecule has 3 aromatic carbocycles. The second kappa shape index (κ2) is 12.3. The van der Waals surface area contributed by atoms with Crippen molar-refractivity contribution in [1.29, 1.82) is 0 Å². The number of ether oxygens (including phenoxy) is 3. The Bertz CT molecular complexity index is 1240. The summed E-state index contributed by atoms with van der Waals surface area (Å²) < 4.78 is 16.6. The van der Waals surface area contributed by atoms with Crippen molar-refractivity contribution in [3.63, 3.8) is 0 Å². The van der Waals surface area contributed by atoms with E-state index >= 15 is 0 Å². The van der Waals surface area contributed by atoms with Gasteiger partial charge in [-0.3, -0.25) is 9.59 Å². The van der Waals surface area contributed by atoms with Crippen LogP contribution in [-0.4, -0.2) is 44.8 Å². The Balaban J connectivity index is 1.54. The van der Waals surface area contributed by atoms with Crippen molar-refractivity contribution >= 4 is 39.9 Å². The van der Waals surface area contributed by atoms with E-state index in [1.165, 1.54) is 20.4 Å². The summed E-state index contributed by atoms with van der Waals surface area (Å²) in [7, 11) is 2.98. The summed E-state index contributed by atoms with van der Waals surface area (Å²) in [4.78, 5) is 36.5. The molecule has 0 saturated carbocycles. The lowest BCUT2D eigenvalue weighted by Crippen LogP contribution is -2.34. The summed E-state index contributed by atoms with van der Waals surface area (Å²) in [5.74, 6) is -0.268. The van der Waals surface area contributed by atoms with Crippen molar-refractivity contribution in [1.82, 2.24) is 10.7 Å². The first-order chi connectivity index (χ1) is 16.9. The fraction of sp³-hybridized carbons (Fsp3) is 0.120. The number of carbonyl (C=O) groups excluding carboxylic acids is 3. The lowest BCUT2D eigenvalue weighted by molar-refractivity contribution is -0.120. The van der Waals surface area contributed by atoms with E-state index < -0.39 is 11.9 Å². The summed E-state index contributed by atoms with van der Waals surface area (Å²) in [6.07, 6.45) is 1.39. The van der Waals surface area contributed by atoms with Gasteiger partial charge in [0.25, 0.3) is 11.8 Å². The minimum absolute atomic E-state index is 0.227. The number of nitrogens with zero attached hydrogens (tertiary/aromatic N) is 1. The highest BCUT2D eigenvalue weighted by Gasteiger charge is 2.13. The molecule has 0 spiro atoms. The van der Waals surface area contributed by atoms with Crippen molar-refractivity contribution in [3.8, 4) is 17.2 Å². The Kier molecular flexibility index (Phi) is 8.96. The van der Waals surface area contributed by atoms with Gasteiger partial charge in [-0.1, -0.05) is 22.0 Å². The van der Waals surface area contributed by atoms with E-state index in [4.69, 9.17) is 14.2 Å². The van der Waals surface area contributed by atoms with Gasteiger partial charge in [-0.15, -0.1) is 0 Å². The van der Waals surface area contributed by atoms with Crippen molar-refractivity contribution in [2.24, 2.45) is 5.10 Å². The molecule has 0 saturated heterocycles. The zero-order valence-corrected chi connectivity index (χ0v) is 20.5. The first kappa shape index (κ1) is 25.4. The number of hydrogen-bond acceptors (Lipinski definition) is 7. The predicted molar refractivity (Wildman–Crippen MR) is 133 cm³/mol. The molecule has 10 heteroatoms. The number of amides is 2. The summed E-state index contributed by atoms with van der Waals surface area (Å²) in [5, 5.41) is 6.39. The lowest BCUT2D eigenvalue weighted by atomic mass is 10.2. The van der Waals surface area contributed by atoms with Crippen LogP contribution in [0.2, 0.25) is 0 Å². The molecule has 0 bridgehead atoms. The number of methoxy groups -OCH3 is 2. The molecule has 0 aliphatic rings. The zero-order chi connectivity index (χ0) is 25.2. The van der Waals surface area contributed by atoms with Crippen LogP contribution in [0.1, 0.15) is 26.3 Å². The maximum atomic E-state index is 12.4. The van der Waals surface area contributed by atoms with Gasteiger partial charge in [0.1, 0.15) is 5.75 Å². The lowest BCUT2D eigenvalue weighted by Gasteiger charge is -2.10. The van der Waals surface area contributed by atoms with Crippen molar-refractivity contribution in [3.05, 3.63) is 87.9 Å². The summed E-state index contributed by atoms with van der Waals surface area (Å²) in [5.41, 5.74) is 3.70. The molecule has 0 aromatic heterocycles. The Hall–Kier alpha value is -4.18. The summed E-state index contributed by atoms with van der Waals surface area (Å²) in [6.45, 7) is -0.244. The number of rotatable bonds is 9. The number of hydrazone groups is 1. The maximum Gasteiger partial charge on any atom is 0.343 e. The third kappa shape index (κ3) is 7.41. The van der Waals surface area contributed by atoms with Gasteiger partial charge < -0.3 is 19.5 Å². The standard InChI is InChI=1S/C25H22BrN3O6/c1-33-20-9-7-17(8-10-20)25(32)35-21-11-6-16(12-22(21)34-2)14-28-29-23(30)15-27-24(31)18-4-3-5-19(26)13-18/h3-14H,15H2,1-2H3,(H,27,31)(H,29,30)/b28-14-. The van der Waals surface area contributed by atoms with Crippen molar-refractivity contribution < 1.29 is 28.6 Å². The van der Waals surface area contributed by atoms with E-state index in [-0.39, 0.29) is 18.2 Å². The number of halogens is 1. The number of carbonyl (C=O) groups is 3. The van der Waals surface area contributed by atoms with Crippen LogP contribution in [0.25, 0.3) is 0 Å². The first-order valence-corrected chi connectivity index (χ1v) is 11.1. The number of esters is 1. The number of benzene rings is 3. The molecular weight excluding hydrogens is 518 g/mol. The Labute approximate surface area is 210 Å². The molecule has 2 N–H and O–H groups in total. The van der Waals surface area contributed by atoms with Gasteiger partial charge in [0, 0.05) is 10.0 Å². The Morgan fingerprint density at radius 3 is 2.37 bits per heavy atom. The monoisotopic (exact) mass is 539 g/mol. The smallest absolute Gasteiger partial charge is 0.343 e. The van der Waals surface area contributed by atoms with Gasteiger partial charge in [-0.2, -0.15) is 5.10 Å². The molecule has 9 nitrogen and oxygen atoms in total. The zero-order valence-electron chi connectivity index (χ0n) is 18.9. The van der Waals surface area contributed by atoms with E-state index in [2.05, 4.69) is 31.8 Å².